The predicted molar refractivity (Wildman–Crippen MR) is 110 cm³/mol. The van der Waals surface area contributed by atoms with Gasteiger partial charge in [0.1, 0.15) is 12.4 Å². The van der Waals surface area contributed by atoms with Gasteiger partial charge < -0.3 is 19.8 Å². The summed E-state index contributed by atoms with van der Waals surface area (Å²) < 4.78 is 11.2. The van der Waals surface area contributed by atoms with E-state index < -0.39 is 5.92 Å². The average molecular weight is 399 g/mol. The second kappa shape index (κ2) is 8.79. The van der Waals surface area contributed by atoms with Crippen molar-refractivity contribution in [1.82, 2.24) is 9.97 Å². The first kappa shape index (κ1) is 19.8. The Morgan fingerprint density at radius 2 is 2.14 bits per heavy atom. The maximum absolute atomic E-state index is 12.8. The molecule has 0 unspecified atom stereocenters. The Labute approximate surface area is 166 Å². The summed E-state index contributed by atoms with van der Waals surface area (Å²) >= 11 is 1.33. The summed E-state index contributed by atoms with van der Waals surface area (Å²) in [6.07, 6.45) is 3.44. The molecule has 1 aliphatic heterocycles. The quantitative estimate of drug-likeness (QED) is 0.403. The third kappa shape index (κ3) is 3.96. The number of rotatable bonds is 8. The minimum absolute atomic E-state index is 0.106. The number of H-pyrrole nitrogens is 1. The highest BCUT2D eigenvalue weighted by molar-refractivity contribution is 7.99. The molecule has 3 rings (SSSR count). The first-order valence-electron chi connectivity index (χ1n) is 8.67. The highest BCUT2D eigenvalue weighted by Crippen LogP contribution is 2.42. The van der Waals surface area contributed by atoms with Crippen LogP contribution in [-0.4, -0.2) is 35.3 Å². The van der Waals surface area contributed by atoms with E-state index in [0.717, 1.165) is 0 Å². The van der Waals surface area contributed by atoms with Gasteiger partial charge in [-0.15, -0.1) is 6.58 Å². The topological polar surface area (TPSA) is 93.3 Å². The normalized spacial score (nSPS) is 15.3. The third-order valence-corrected chi connectivity index (χ3v) is 5.09. The molecule has 146 valence electrons. The van der Waals surface area contributed by atoms with Gasteiger partial charge in [-0.2, -0.15) is 0 Å². The summed E-state index contributed by atoms with van der Waals surface area (Å²) in [4.78, 5) is 32.4. The van der Waals surface area contributed by atoms with E-state index in [1.54, 1.807) is 31.4 Å². The number of nitrogens with zero attached hydrogens (tertiary/aromatic N) is 1. The molecule has 2 heterocycles. The van der Waals surface area contributed by atoms with Gasteiger partial charge in [-0.1, -0.05) is 42.6 Å². The summed E-state index contributed by atoms with van der Waals surface area (Å²) in [5, 5.41) is 3.14. The van der Waals surface area contributed by atoms with Gasteiger partial charge in [0.15, 0.2) is 16.7 Å². The molecule has 0 fully saturated rings. The van der Waals surface area contributed by atoms with E-state index in [1.165, 1.54) is 11.8 Å². The van der Waals surface area contributed by atoms with Gasteiger partial charge in [0.05, 0.1) is 12.7 Å². The molecule has 0 aliphatic carbocycles. The monoisotopic (exact) mass is 399 g/mol. The van der Waals surface area contributed by atoms with Crippen LogP contribution in [0.5, 0.6) is 11.5 Å². The van der Waals surface area contributed by atoms with E-state index in [1.807, 2.05) is 6.07 Å². The molecular weight excluding hydrogens is 378 g/mol. The van der Waals surface area contributed by atoms with Crippen molar-refractivity contribution in [2.75, 3.05) is 24.8 Å². The van der Waals surface area contributed by atoms with Gasteiger partial charge in [0.2, 0.25) is 5.91 Å². The van der Waals surface area contributed by atoms with Crippen molar-refractivity contribution in [3.05, 3.63) is 65.0 Å². The number of ether oxygens (including phenoxy) is 2. The predicted octanol–water partition coefficient (Wildman–Crippen LogP) is 3.10. The van der Waals surface area contributed by atoms with Crippen LogP contribution in [0.15, 0.2) is 53.5 Å². The maximum atomic E-state index is 12.8. The second-order valence-electron chi connectivity index (χ2n) is 6.02. The van der Waals surface area contributed by atoms with Crippen LogP contribution < -0.4 is 20.3 Å². The zero-order valence-corrected chi connectivity index (χ0v) is 16.3. The molecule has 28 heavy (non-hydrogen) atoms. The Bertz CT molecular complexity index is 970. The molecule has 0 saturated carbocycles. The minimum atomic E-state index is -0.506. The van der Waals surface area contributed by atoms with Crippen molar-refractivity contribution in [2.45, 2.75) is 17.5 Å². The molecule has 0 bridgehead atoms. The Kier molecular flexibility index (Phi) is 6.20. The zero-order valence-electron chi connectivity index (χ0n) is 15.5. The van der Waals surface area contributed by atoms with Crippen LogP contribution in [0.2, 0.25) is 0 Å². The molecular formula is C20H21N3O4S. The van der Waals surface area contributed by atoms with Crippen LogP contribution >= 0.6 is 11.8 Å². The molecule has 0 spiro atoms. The van der Waals surface area contributed by atoms with Gasteiger partial charge in [-0.3, -0.25) is 9.59 Å². The highest BCUT2D eigenvalue weighted by atomic mass is 32.2. The molecule has 0 saturated heterocycles. The second-order valence-corrected chi connectivity index (χ2v) is 7.02. The highest BCUT2D eigenvalue weighted by Gasteiger charge is 2.33. The molecule has 1 amide bonds. The zero-order chi connectivity index (χ0) is 20.1. The van der Waals surface area contributed by atoms with Gasteiger partial charge in [-0.25, -0.2) is 4.98 Å². The Morgan fingerprint density at radius 3 is 2.86 bits per heavy atom. The fraction of sp³-hybridized carbons (Fsp3) is 0.250. The summed E-state index contributed by atoms with van der Waals surface area (Å²) in [5.41, 5.74) is 0.800. The van der Waals surface area contributed by atoms with Crippen LogP contribution in [0, 0.1) is 0 Å². The molecule has 1 aromatic heterocycles. The van der Waals surface area contributed by atoms with E-state index in [0.29, 0.717) is 33.5 Å². The number of aromatic amines is 1. The number of anilines is 1. The number of hydrogen-bond acceptors (Lipinski definition) is 6. The van der Waals surface area contributed by atoms with E-state index in [2.05, 4.69) is 28.4 Å². The van der Waals surface area contributed by atoms with E-state index in [9.17, 15) is 9.59 Å². The van der Waals surface area contributed by atoms with Crippen LogP contribution in [0.25, 0.3) is 0 Å². The van der Waals surface area contributed by atoms with Crippen LogP contribution in [0.4, 0.5) is 5.82 Å². The number of methoxy groups -OCH3 is 1. The molecule has 2 N–H and O–H groups in total. The standard InChI is InChI=1S/C20H21N3O4S/c1-4-9-27-17-12(7-6-8-14(17)26-3)13-11-15(24)21-18-16(13)19(25)23-20(22-18)28-10-5-2/h4-8,13H,1-2,9-11H2,3H3,(H2,21,22,23,24,25)/t13-/m1/s1. The minimum Gasteiger partial charge on any atom is -0.493 e. The van der Waals surface area contributed by atoms with Crippen molar-refractivity contribution in [3.63, 3.8) is 0 Å². The lowest BCUT2D eigenvalue weighted by Gasteiger charge is -2.26. The number of aromatic nitrogens is 2. The lowest BCUT2D eigenvalue weighted by Crippen LogP contribution is -2.31. The number of carbonyl (C=O) groups is 1. The molecule has 8 heteroatoms. The number of para-hydroxylation sites is 1. The van der Waals surface area contributed by atoms with Crippen LogP contribution in [-0.2, 0) is 4.79 Å². The smallest absolute Gasteiger partial charge is 0.257 e. The first-order valence-corrected chi connectivity index (χ1v) is 9.66. The summed E-state index contributed by atoms with van der Waals surface area (Å²) in [6, 6.07) is 5.40. The molecule has 2 aromatic rings. The fourth-order valence-corrected chi connectivity index (χ4v) is 3.68. The lowest BCUT2D eigenvalue weighted by molar-refractivity contribution is -0.116. The van der Waals surface area contributed by atoms with Gasteiger partial charge in [-0.05, 0) is 6.07 Å². The molecule has 0 radical (unpaired) electrons. The molecule has 7 nitrogen and oxygen atoms in total. The van der Waals surface area contributed by atoms with E-state index in [-0.39, 0.29) is 30.3 Å². The van der Waals surface area contributed by atoms with Crippen molar-refractivity contribution >= 4 is 23.5 Å². The van der Waals surface area contributed by atoms with Crippen molar-refractivity contribution < 1.29 is 14.3 Å². The number of benzene rings is 1. The average Bonchev–Trinajstić information content (AvgIpc) is 2.69. The van der Waals surface area contributed by atoms with Gasteiger partial charge in [0, 0.05) is 23.7 Å². The van der Waals surface area contributed by atoms with Gasteiger partial charge in [0.25, 0.3) is 5.56 Å². The fourth-order valence-electron chi connectivity index (χ4n) is 3.09. The summed E-state index contributed by atoms with van der Waals surface area (Å²) in [5.74, 6) is 1.15. The van der Waals surface area contributed by atoms with E-state index >= 15 is 0 Å². The van der Waals surface area contributed by atoms with Crippen LogP contribution in [0.1, 0.15) is 23.5 Å². The largest absolute Gasteiger partial charge is 0.493 e. The van der Waals surface area contributed by atoms with Crippen molar-refractivity contribution in [3.8, 4) is 11.5 Å². The summed E-state index contributed by atoms with van der Waals surface area (Å²) in [7, 11) is 1.54. The Hall–Kier alpha value is -3.00. The molecule has 1 atom stereocenters. The van der Waals surface area contributed by atoms with Crippen LogP contribution in [0.3, 0.4) is 0 Å². The first-order chi connectivity index (χ1) is 13.6. The number of amides is 1. The number of nitrogens with one attached hydrogen (secondary N) is 2. The van der Waals surface area contributed by atoms with Crippen molar-refractivity contribution in [2.24, 2.45) is 0 Å². The molecule has 1 aromatic carbocycles. The number of hydrogen-bond donors (Lipinski definition) is 2. The van der Waals surface area contributed by atoms with Gasteiger partial charge >= 0.3 is 0 Å². The van der Waals surface area contributed by atoms with Crippen molar-refractivity contribution in [1.29, 1.82) is 0 Å². The number of thioether (sulfide) groups is 1. The SMILES string of the molecule is C=CCOc1c(OC)cccc1[C@H]1CC(=O)Nc2nc(SCC=C)[nH]c(=O)c21. The third-order valence-electron chi connectivity index (χ3n) is 4.22. The summed E-state index contributed by atoms with van der Waals surface area (Å²) in [6.45, 7) is 7.59. The number of fused-ring (bicyclic) bond motifs is 1. The Morgan fingerprint density at radius 1 is 1.32 bits per heavy atom. The van der Waals surface area contributed by atoms with E-state index in [4.69, 9.17) is 9.47 Å². The maximum Gasteiger partial charge on any atom is 0.257 e. The molecule has 1 aliphatic rings. The lowest BCUT2D eigenvalue weighted by atomic mass is 9.86. The number of carbonyl (C=O) groups excluding carboxylic acids is 1. The Balaban J connectivity index is 2.13.